The number of aromatic nitrogens is 4. The normalized spacial score (nSPS) is 11.0. The van der Waals surface area contributed by atoms with Crippen molar-refractivity contribution in [2.45, 2.75) is 13.8 Å². The van der Waals surface area contributed by atoms with Gasteiger partial charge in [0, 0.05) is 51.0 Å². The Hall–Kier alpha value is -6.03. The maximum Gasteiger partial charge on any atom is 0.0774 e. The summed E-state index contributed by atoms with van der Waals surface area (Å²) < 4.78 is 4.44. The third kappa shape index (κ3) is 7.09. The molecule has 0 saturated heterocycles. The molecule has 2 aromatic heterocycles. The summed E-state index contributed by atoms with van der Waals surface area (Å²) in [5.41, 5.74) is 17.3. The van der Waals surface area contributed by atoms with Crippen LogP contribution < -0.4 is 0 Å². The van der Waals surface area contributed by atoms with E-state index in [-0.39, 0.29) is 39.6 Å². The van der Waals surface area contributed by atoms with E-state index in [0.29, 0.717) is 0 Å². The molecular formula is C52H36IrN4Rh-2. The maximum absolute atomic E-state index is 5.09. The Labute approximate surface area is 365 Å². The molecule has 0 aliphatic heterocycles. The second kappa shape index (κ2) is 16.4. The first kappa shape index (κ1) is 38.8. The second-order valence-electron chi connectivity index (χ2n) is 14.3. The molecule has 4 nitrogen and oxygen atoms in total. The molecule has 0 amide bonds. The fourth-order valence-corrected chi connectivity index (χ4v) is 8.02. The molecule has 284 valence electrons. The topological polar surface area (TPSA) is 35.6 Å². The molecule has 0 fully saturated rings. The number of imidazole rings is 2. The van der Waals surface area contributed by atoms with E-state index < -0.39 is 0 Å². The SMILES string of the molecule is Cc1cc(C)cc(-c2c(-c3c[c-]c(-c4nc5ccccc5n4-c4ccccc4)cc3)cccc2-c2c[c-]c(-c3nc4ccccc4n3-c3ccccc3)cc2)c1.[Ir].[Rh]. The maximum atomic E-state index is 5.09. The van der Waals surface area contributed by atoms with Gasteiger partial charge in [0.2, 0.25) is 0 Å². The van der Waals surface area contributed by atoms with Crippen molar-refractivity contribution in [3.8, 4) is 67.5 Å². The van der Waals surface area contributed by atoms with Gasteiger partial charge in [-0.3, -0.25) is 9.97 Å². The Bertz CT molecular complexity index is 2820. The molecular weight excluding hydrogens is 976 g/mol. The molecule has 0 atom stereocenters. The van der Waals surface area contributed by atoms with Crippen molar-refractivity contribution in [1.29, 1.82) is 0 Å². The van der Waals surface area contributed by atoms with Gasteiger partial charge in [-0.2, -0.15) is 0 Å². The molecule has 8 aromatic carbocycles. The average molecular weight is 1010 g/mol. The van der Waals surface area contributed by atoms with E-state index in [1.807, 2.05) is 24.3 Å². The average Bonchev–Trinajstić information content (AvgIpc) is 3.83. The fraction of sp³-hybridized carbons (Fsp3) is 0.0385. The van der Waals surface area contributed by atoms with Crippen molar-refractivity contribution < 1.29 is 39.6 Å². The second-order valence-corrected chi connectivity index (χ2v) is 14.3. The predicted molar refractivity (Wildman–Crippen MR) is 230 cm³/mol. The van der Waals surface area contributed by atoms with E-state index in [4.69, 9.17) is 9.97 Å². The number of hydrogen-bond donors (Lipinski definition) is 0. The van der Waals surface area contributed by atoms with Crippen LogP contribution in [0.2, 0.25) is 0 Å². The van der Waals surface area contributed by atoms with Crippen LogP contribution in [0.25, 0.3) is 89.6 Å². The van der Waals surface area contributed by atoms with Gasteiger partial charge in [-0.15, -0.1) is 59.7 Å². The van der Waals surface area contributed by atoms with Crippen LogP contribution in [-0.4, -0.2) is 19.1 Å². The summed E-state index contributed by atoms with van der Waals surface area (Å²) in [6.07, 6.45) is 0. The van der Waals surface area contributed by atoms with Crippen LogP contribution in [0, 0.1) is 26.0 Å². The quantitative estimate of drug-likeness (QED) is 0.118. The molecule has 0 aliphatic rings. The van der Waals surface area contributed by atoms with E-state index in [1.165, 1.54) is 22.3 Å². The number of benzene rings is 8. The Morgan fingerprint density at radius 2 is 0.862 bits per heavy atom. The molecule has 0 saturated carbocycles. The Morgan fingerprint density at radius 3 is 1.29 bits per heavy atom. The molecule has 0 bridgehead atoms. The number of nitrogens with zero attached hydrogens (tertiary/aromatic N) is 4. The van der Waals surface area contributed by atoms with Crippen LogP contribution in [-0.2, 0) is 39.6 Å². The molecule has 10 aromatic rings. The minimum absolute atomic E-state index is 0. The van der Waals surface area contributed by atoms with Gasteiger partial charge in [0.15, 0.2) is 0 Å². The van der Waals surface area contributed by atoms with Gasteiger partial charge in [-0.25, -0.2) is 0 Å². The van der Waals surface area contributed by atoms with Crippen LogP contribution in [0.3, 0.4) is 0 Å². The number of para-hydroxylation sites is 6. The Kier molecular flexibility index (Phi) is 11.0. The van der Waals surface area contributed by atoms with Gasteiger partial charge in [-0.05, 0) is 73.5 Å². The molecule has 2 heterocycles. The van der Waals surface area contributed by atoms with Gasteiger partial charge in [0.05, 0.1) is 33.7 Å². The van der Waals surface area contributed by atoms with Crippen LogP contribution in [0.15, 0.2) is 182 Å². The fourth-order valence-electron chi connectivity index (χ4n) is 8.02. The smallest absolute Gasteiger partial charge is 0.0774 e. The number of aryl methyl sites for hydroxylation is 2. The molecule has 6 heteroatoms. The number of rotatable bonds is 7. The number of hydrogen-bond acceptors (Lipinski definition) is 2. The van der Waals surface area contributed by atoms with Crippen molar-refractivity contribution >= 4 is 22.1 Å². The number of fused-ring (bicyclic) bond motifs is 2. The Balaban J connectivity index is 0.00000235. The summed E-state index contributed by atoms with van der Waals surface area (Å²) in [5, 5.41) is 0. The predicted octanol–water partition coefficient (Wildman–Crippen LogP) is 12.9. The van der Waals surface area contributed by atoms with Crippen molar-refractivity contribution in [3.63, 3.8) is 0 Å². The van der Waals surface area contributed by atoms with E-state index in [0.717, 1.165) is 78.5 Å². The zero-order chi connectivity index (χ0) is 37.6. The van der Waals surface area contributed by atoms with E-state index in [1.54, 1.807) is 0 Å². The molecule has 0 aliphatic carbocycles. The monoisotopic (exact) mass is 1010 g/mol. The minimum Gasteiger partial charge on any atom is -0.333 e. The molecule has 58 heavy (non-hydrogen) atoms. The van der Waals surface area contributed by atoms with Gasteiger partial charge < -0.3 is 9.13 Å². The van der Waals surface area contributed by atoms with Crippen LogP contribution >= 0.6 is 0 Å². The zero-order valence-electron chi connectivity index (χ0n) is 31.8. The van der Waals surface area contributed by atoms with Crippen LogP contribution in [0.1, 0.15) is 11.1 Å². The van der Waals surface area contributed by atoms with Gasteiger partial charge in [0.1, 0.15) is 0 Å². The first-order valence-electron chi connectivity index (χ1n) is 18.9. The first-order chi connectivity index (χ1) is 27.6. The summed E-state index contributed by atoms with van der Waals surface area (Å²) in [5.74, 6) is 1.73. The van der Waals surface area contributed by atoms with Crippen molar-refractivity contribution in [3.05, 3.63) is 205 Å². The summed E-state index contributed by atoms with van der Waals surface area (Å²) in [7, 11) is 0. The summed E-state index contributed by atoms with van der Waals surface area (Å²) >= 11 is 0. The van der Waals surface area contributed by atoms with Crippen LogP contribution in [0.4, 0.5) is 0 Å². The Morgan fingerprint density at radius 1 is 0.431 bits per heavy atom. The largest absolute Gasteiger partial charge is 0.333 e. The standard InChI is InChI=1S/C52H36N4.Ir.Rh/c1-35-32-36(2)34-41(33-35)50-44(37-24-28-39(29-25-37)51-53-46-20-9-11-22-48(46)55(51)42-14-5-3-6-15-42)18-13-19-45(50)38-26-30-40(31-27-38)52-54-47-21-10-12-23-49(47)56(52)43-16-7-4-8-17-43;;/h3-28,30,32-34H,1-2H3;;/q-2;;. The summed E-state index contributed by atoms with van der Waals surface area (Å²) in [4.78, 5) is 10.2. The van der Waals surface area contributed by atoms with Gasteiger partial charge in [-0.1, -0.05) is 130 Å². The third-order valence-electron chi connectivity index (χ3n) is 10.5. The van der Waals surface area contributed by atoms with E-state index in [9.17, 15) is 0 Å². The molecule has 0 unspecified atom stereocenters. The first-order valence-corrected chi connectivity index (χ1v) is 18.9. The molecule has 0 N–H and O–H groups in total. The molecule has 10 rings (SSSR count). The van der Waals surface area contributed by atoms with Gasteiger partial charge in [0.25, 0.3) is 0 Å². The zero-order valence-corrected chi connectivity index (χ0v) is 35.8. The van der Waals surface area contributed by atoms with Crippen molar-refractivity contribution in [1.82, 2.24) is 19.1 Å². The van der Waals surface area contributed by atoms with Gasteiger partial charge >= 0.3 is 0 Å². The third-order valence-corrected chi connectivity index (χ3v) is 10.5. The van der Waals surface area contributed by atoms with Crippen molar-refractivity contribution in [2.75, 3.05) is 0 Å². The van der Waals surface area contributed by atoms with E-state index in [2.05, 4.69) is 193 Å². The molecule has 0 spiro atoms. The molecule has 2 radical (unpaired) electrons. The summed E-state index contributed by atoms with van der Waals surface area (Å²) in [6.45, 7) is 4.34. The van der Waals surface area contributed by atoms with E-state index >= 15 is 0 Å². The van der Waals surface area contributed by atoms with Crippen molar-refractivity contribution in [2.24, 2.45) is 0 Å². The minimum atomic E-state index is 0. The summed E-state index contributed by atoms with van der Waals surface area (Å²) in [6, 6.07) is 71.0. The van der Waals surface area contributed by atoms with Crippen LogP contribution in [0.5, 0.6) is 0 Å².